The van der Waals surface area contributed by atoms with E-state index < -0.39 is 5.97 Å². The van der Waals surface area contributed by atoms with Gasteiger partial charge in [0.1, 0.15) is 5.78 Å². The summed E-state index contributed by atoms with van der Waals surface area (Å²) in [5, 5.41) is 19.0. The number of hydrogen-bond donors (Lipinski definition) is 1. The molecule has 1 aliphatic rings. The first-order valence-corrected chi connectivity index (χ1v) is 6.52. The average Bonchev–Trinajstić information content (AvgIpc) is 2.64. The summed E-state index contributed by atoms with van der Waals surface area (Å²) in [7, 11) is 0. The van der Waals surface area contributed by atoms with E-state index in [0.29, 0.717) is 32.1 Å². The lowest BCUT2D eigenvalue weighted by Crippen LogP contribution is -2.21. The Labute approximate surface area is 111 Å². The molecular weight excluding hydrogens is 250 g/mol. The van der Waals surface area contributed by atoms with E-state index in [1.807, 2.05) is 12.2 Å². The van der Waals surface area contributed by atoms with Gasteiger partial charge in [-0.2, -0.15) is 0 Å². The molecule has 6 heteroatoms. The van der Waals surface area contributed by atoms with E-state index in [0.717, 1.165) is 0 Å². The van der Waals surface area contributed by atoms with Gasteiger partial charge in [0.05, 0.1) is 0 Å². The normalized spacial score (nSPS) is 23.1. The molecule has 2 atom stereocenters. The third-order valence-electron chi connectivity index (χ3n) is 3.45. The average molecular weight is 269 g/mol. The molecule has 0 radical (unpaired) electrons. The SMILES string of the molecule is O=C(O)CCC/C=C/CC1C(=O)CCC1C[N+](=O)[O-]. The van der Waals surface area contributed by atoms with Gasteiger partial charge in [-0.15, -0.1) is 0 Å². The summed E-state index contributed by atoms with van der Waals surface area (Å²) in [6.45, 7) is -0.136. The number of aliphatic carboxylic acids is 1. The van der Waals surface area contributed by atoms with Crippen LogP contribution < -0.4 is 0 Å². The number of ketones is 1. The summed E-state index contributed by atoms with van der Waals surface area (Å²) in [4.78, 5) is 32.1. The van der Waals surface area contributed by atoms with Gasteiger partial charge in [0.15, 0.2) is 0 Å². The Hall–Kier alpha value is -1.72. The molecule has 106 valence electrons. The molecule has 6 nitrogen and oxygen atoms in total. The maximum Gasteiger partial charge on any atom is 0.303 e. The van der Waals surface area contributed by atoms with Crippen LogP contribution in [-0.2, 0) is 9.59 Å². The Bertz CT molecular complexity index is 377. The molecule has 1 fully saturated rings. The van der Waals surface area contributed by atoms with Crippen LogP contribution in [-0.4, -0.2) is 28.3 Å². The van der Waals surface area contributed by atoms with Crippen LogP contribution in [0.5, 0.6) is 0 Å². The van der Waals surface area contributed by atoms with E-state index in [4.69, 9.17) is 5.11 Å². The second-order valence-electron chi connectivity index (χ2n) is 4.88. The van der Waals surface area contributed by atoms with Gasteiger partial charge in [-0.25, -0.2) is 0 Å². The molecule has 2 unspecified atom stereocenters. The molecule has 1 rings (SSSR count). The van der Waals surface area contributed by atoms with Gasteiger partial charge in [-0.05, 0) is 25.7 Å². The summed E-state index contributed by atoms with van der Waals surface area (Å²) in [6, 6.07) is 0. The van der Waals surface area contributed by atoms with Gasteiger partial charge >= 0.3 is 5.97 Å². The molecule has 0 amide bonds. The molecular formula is C13H19NO5. The van der Waals surface area contributed by atoms with Crippen molar-refractivity contribution < 1.29 is 19.6 Å². The van der Waals surface area contributed by atoms with Crippen LogP contribution >= 0.6 is 0 Å². The number of nitro groups is 1. The number of rotatable bonds is 8. The largest absolute Gasteiger partial charge is 0.481 e. The van der Waals surface area contributed by atoms with Crippen molar-refractivity contribution in [2.24, 2.45) is 11.8 Å². The Kier molecular flexibility index (Phi) is 6.18. The molecule has 0 aromatic rings. The zero-order chi connectivity index (χ0) is 14.3. The fraction of sp³-hybridized carbons (Fsp3) is 0.692. The molecule has 19 heavy (non-hydrogen) atoms. The highest BCUT2D eigenvalue weighted by Crippen LogP contribution is 2.31. The fourth-order valence-electron chi connectivity index (χ4n) is 2.44. The van der Waals surface area contributed by atoms with Gasteiger partial charge in [-0.1, -0.05) is 12.2 Å². The summed E-state index contributed by atoms with van der Waals surface area (Å²) in [5.41, 5.74) is 0. The number of carbonyl (C=O) groups is 2. The Morgan fingerprint density at radius 2 is 2.21 bits per heavy atom. The van der Waals surface area contributed by atoms with Gasteiger partial charge in [-0.3, -0.25) is 19.7 Å². The first-order chi connectivity index (χ1) is 9.00. The standard InChI is InChI=1S/C13H19NO5/c15-12-8-7-10(9-14(18)19)11(12)5-3-1-2-4-6-13(16)17/h1,3,10-11H,2,4-9H2,(H,16,17)/b3-1+. The zero-order valence-electron chi connectivity index (χ0n) is 10.8. The van der Waals surface area contributed by atoms with Crippen LogP contribution in [0.3, 0.4) is 0 Å². The summed E-state index contributed by atoms with van der Waals surface area (Å²) >= 11 is 0. The summed E-state index contributed by atoms with van der Waals surface area (Å²) in [6.07, 6.45) is 6.66. The van der Waals surface area contributed by atoms with Crippen molar-refractivity contribution in [3.05, 3.63) is 22.3 Å². The number of carboxylic acid groups (broad SMARTS) is 1. The van der Waals surface area contributed by atoms with E-state index >= 15 is 0 Å². The van der Waals surface area contributed by atoms with Crippen LogP contribution in [0.25, 0.3) is 0 Å². The highest BCUT2D eigenvalue weighted by Gasteiger charge is 2.36. The van der Waals surface area contributed by atoms with Crippen LogP contribution in [0.2, 0.25) is 0 Å². The van der Waals surface area contributed by atoms with E-state index in [9.17, 15) is 19.7 Å². The Morgan fingerprint density at radius 1 is 1.47 bits per heavy atom. The van der Waals surface area contributed by atoms with Gasteiger partial charge in [0.25, 0.3) is 0 Å². The number of Topliss-reactive ketones (excluding diaryl/α,β-unsaturated/α-hetero) is 1. The first kappa shape index (κ1) is 15.3. The fourth-order valence-corrected chi connectivity index (χ4v) is 2.44. The van der Waals surface area contributed by atoms with Crippen LogP contribution in [0.4, 0.5) is 0 Å². The second-order valence-corrected chi connectivity index (χ2v) is 4.88. The number of allylic oxidation sites excluding steroid dienone is 2. The minimum absolute atomic E-state index is 0.113. The molecule has 0 aliphatic heterocycles. The number of hydrogen-bond acceptors (Lipinski definition) is 4. The van der Waals surface area contributed by atoms with Crippen molar-refractivity contribution in [3.8, 4) is 0 Å². The monoisotopic (exact) mass is 269 g/mol. The van der Waals surface area contributed by atoms with Crippen molar-refractivity contribution in [1.29, 1.82) is 0 Å². The molecule has 1 aliphatic carbocycles. The van der Waals surface area contributed by atoms with Crippen LogP contribution in [0.1, 0.15) is 38.5 Å². The molecule has 0 bridgehead atoms. The third kappa shape index (κ3) is 5.63. The van der Waals surface area contributed by atoms with Crippen molar-refractivity contribution in [2.75, 3.05) is 6.54 Å². The van der Waals surface area contributed by atoms with Crippen LogP contribution in [0, 0.1) is 22.0 Å². The molecule has 0 saturated heterocycles. The Morgan fingerprint density at radius 3 is 2.84 bits per heavy atom. The van der Waals surface area contributed by atoms with Gasteiger partial charge in [0.2, 0.25) is 6.54 Å². The molecule has 1 N–H and O–H groups in total. The maximum atomic E-state index is 11.6. The van der Waals surface area contributed by atoms with Crippen molar-refractivity contribution >= 4 is 11.8 Å². The third-order valence-corrected chi connectivity index (χ3v) is 3.45. The minimum Gasteiger partial charge on any atom is -0.481 e. The van der Waals surface area contributed by atoms with E-state index in [-0.39, 0.29) is 35.5 Å². The quantitative estimate of drug-likeness (QED) is 0.315. The minimum atomic E-state index is -0.814. The van der Waals surface area contributed by atoms with E-state index in [2.05, 4.69) is 0 Å². The van der Waals surface area contributed by atoms with Gasteiger partial charge < -0.3 is 5.11 Å². The summed E-state index contributed by atoms with van der Waals surface area (Å²) in [5.74, 6) is -1.08. The number of carbonyl (C=O) groups excluding carboxylic acids is 1. The maximum absolute atomic E-state index is 11.6. The Balaban J connectivity index is 2.32. The smallest absolute Gasteiger partial charge is 0.303 e. The lowest BCUT2D eigenvalue weighted by molar-refractivity contribution is -0.489. The molecule has 1 saturated carbocycles. The number of nitrogens with zero attached hydrogens (tertiary/aromatic N) is 1. The topological polar surface area (TPSA) is 97.5 Å². The summed E-state index contributed by atoms with van der Waals surface area (Å²) < 4.78 is 0. The number of carboxylic acids is 1. The lowest BCUT2D eigenvalue weighted by Gasteiger charge is -2.12. The van der Waals surface area contributed by atoms with E-state index in [1.165, 1.54) is 0 Å². The predicted molar refractivity (Wildman–Crippen MR) is 68.3 cm³/mol. The second kappa shape index (κ2) is 7.66. The molecule has 0 aromatic heterocycles. The lowest BCUT2D eigenvalue weighted by atomic mass is 9.92. The highest BCUT2D eigenvalue weighted by molar-refractivity contribution is 5.83. The first-order valence-electron chi connectivity index (χ1n) is 6.52. The molecule has 0 aromatic carbocycles. The number of unbranched alkanes of at least 4 members (excludes halogenated alkanes) is 1. The van der Waals surface area contributed by atoms with Crippen LogP contribution in [0.15, 0.2) is 12.2 Å². The molecule has 0 heterocycles. The van der Waals surface area contributed by atoms with Crippen molar-refractivity contribution in [3.63, 3.8) is 0 Å². The predicted octanol–water partition coefficient (Wildman–Crippen LogP) is 2.06. The van der Waals surface area contributed by atoms with Crippen molar-refractivity contribution in [1.82, 2.24) is 0 Å². The van der Waals surface area contributed by atoms with Gasteiger partial charge in [0, 0.05) is 29.6 Å². The molecule has 0 spiro atoms. The highest BCUT2D eigenvalue weighted by atomic mass is 16.6. The van der Waals surface area contributed by atoms with Crippen molar-refractivity contribution in [2.45, 2.75) is 38.5 Å². The van der Waals surface area contributed by atoms with E-state index in [1.54, 1.807) is 0 Å². The zero-order valence-corrected chi connectivity index (χ0v) is 10.8.